The lowest BCUT2D eigenvalue weighted by Gasteiger charge is -2.31. The van der Waals surface area contributed by atoms with E-state index in [4.69, 9.17) is 17.4 Å². The number of sulfonamides is 1. The summed E-state index contributed by atoms with van der Waals surface area (Å²) in [5.41, 5.74) is 2.51. The molecule has 1 aromatic heterocycles. The third-order valence-corrected chi connectivity index (χ3v) is 5.29. The summed E-state index contributed by atoms with van der Waals surface area (Å²) < 4.78 is 26.5. The fraction of sp³-hybridized carbons (Fsp3) is 0.500. The Bertz CT molecular complexity index is 557. The van der Waals surface area contributed by atoms with Gasteiger partial charge in [0.1, 0.15) is 4.90 Å². The Hall–Kier alpha value is -0.930. The van der Waals surface area contributed by atoms with E-state index in [1.807, 2.05) is 7.05 Å². The molecule has 2 rings (SSSR count). The molecule has 7 nitrogen and oxygen atoms in total. The first-order valence-corrected chi connectivity index (χ1v) is 7.57. The predicted octanol–water partition coefficient (Wildman–Crippen LogP) is -0.0433. The molecule has 1 aliphatic rings. The van der Waals surface area contributed by atoms with Crippen LogP contribution in [0.5, 0.6) is 0 Å². The Morgan fingerprint density at radius 1 is 1.32 bits per heavy atom. The quantitative estimate of drug-likeness (QED) is 0.601. The third-order valence-electron chi connectivity index (χ3n) is 3.09. The first kappa shape index (κ1) is 14.5. The lowest BCUT2D eigenvalue weighted by molar-refractivity contribution is 0.222. The van der Waals surface area contributed by atoms with Gasteiger partial charge in [0.25, 0.3) is 0 Å². The summed E-state index contributed by atoms with van der Waals surface area (Å²) in [6, 6.07) is 0. The van der Waals surface area contributed by atoms with Crippen molar-refractivity contribution in [1.82, 2.24) is 14.2 Å². The molecule has 0 spiro atoms. The van der Waals surface area contributed by atoms with Crippen LogP contribution in [0.4, 0.5) is 5.69 Å². The molecule has 0 bridgehead atoms. The van der Waals surface area contributed by atoms with Crippen LogP contribution in [0.3, 0.4) is 0 Å². The van der Waals surface area contributed by atoms with E-state index in [-0.39, 0.29) is 15.6 Å². The normalized spacial score (nSPS) is 18.5. The molecule has 0 aromatic carbocycles. The van der Waals surface area contributed by atoms with Gasteiger partial charge in [0.2, 0.25) is 10.0 Å². The van der Waals surface area contributed by atoms with Gasteiger partial charge in [0.15, 0.2) is 0 Å². The second-order valence-electron chi connectivity index (χ2n) is 4.35. The highest BCUT2D eigenvalue weighted by atomic mass is 35.5. The van der Waals surface area contributed by atoms with Gasteiger partial charge in [-0.3, -0.25) is 10.8 Å². The van der Waals surface area contributed by atoms with Crippen molar-refractivity contribution in [2.45, 2.75) is 4.90 Å². The fourth-order valence-corrected chi connectivity index (χ4v) is 3.73. The zero-order chi connectivity index (χ0) is 14.0. The largest absolute Gasteiger partial charge is 0.321 e. The highest BCUT2D eigenvalue weighted by molar-refractivity contribution is 7.89. The van der Waals surface area contributed by atoms with Gasteiger partial charge in [-0.05, 0) is 7.05 Å². The molecule has 9 heteroatoms. The van der Waals surface area contributed by atoms with Gasteiger partial charge >= 0.3 is 0 Å². The second kappa shape index (κ2) is 5.59. The highest BCUT2D eigenvalue weighted by Crippen LogP contribution is 2.29. The standard InChI is InChI=1S/C10H16ClN5O2S/c1-15-2-4-16(5-3-15)19(17,18)9-7-13-6-8(11)10(9)14-12/h6-7H,2-5,12H2,1H3,(H,13,14). The maximum atomic E-state index is 12.5. The smallest absolute Gasteiger partial charge is 0.246 e. The monoisotopic (exact) mass is 305 g/mol. The van der Waals surface area contributed by atoms with E-state index >= 15 is 0 Å². The number of hydrogen-bond donors (Lipinski definition) is 2. The maximum Gasteiger partial charge on any atom is 0.246 e. The highest BCUT2D eigenvalue weighted by Gasteiger charge is 2.30. The Morgan fingerprint density at radius 2 is 1.95 bits per heavy atom. The van der Waals surface area contributed by atoms with Crippen molar-refractivity contribution < 1.29 is 8.42 Å². The number of nitrogens with zero attached hydrogens (tertiary/aromatic N) is 3. The predicted molar refractivity (Wildman–Crippen MR) is 73.3 cm³/mol. The van der Waals surface area contributed by atoms with Crippen LogP contribution in [0.2, 0.25) is 5.02 Å². The summed E-state index contributed by atoms with van der Waals surface area (Å²) >= 11 is 5.90. The average molecular weight is 306 g/mol. The summed E-state index contributed by atoms with van der Waals surface area (Å²) in [6.45, 7) is 2.27. The number of hydrogen-bond acceptors (Lipinski definition) is 6. The first-order chi connectivity index (χ1) is 8.96. The van der Waals surface area contributed by atoms with E-state index < -0.39 is 10.0 Å². The summed E-state index contributed by atoms with van der Waals surface area (Å²) in [4.78, 5) is 5.91. The minimum atomic E-state index is -3.63. The molecular formula is C10H16ClN5O2S. The van der Waals surface area contributed by atoms with Crippen LogP contribution in [0.25, 0.3) is 0 Å². The second-order valence-corrected chi connectivity index (χ2v) is 6.66. The van der Waals surface area contributed by atoms with E-state index in [0.29, 0.717) is 26.2 Å². The number of rotatable bonds is 3. The van der Waals surface area contributed by atoms with E-state index in [1.54, 1.807) is 0 Å². The van der Waals surface area contributed by atoms with Gasteiger partial charge in [0.05, 0.1) is 10.7 Å². The average Bonchev–Trinajstić information content (AvgIpc) is 2.39. The van der Waals surface area contributed by atoms with Crippen molar-refractivity contribution in [3.05, 3.63) is 17.4 Å². The third kappa shape index (κ3) is 2.82. The molecule has 0 amide bonds. The van der Waals surface area contributed by atoms with Crippen molar-refractivity contribution in [2.75, 3.05) is 38.7 Å². The fourth-order valence-electron chi connectivity index (χ4n) is 1.92. The van der Waals surface area contributed by atoms with Crippen LogP contribution in [-0.2, 0) is 10.0 Å². The van der Waals surface area contributed by atoms with E-state index in [1.165, 1.54) is 16.7 Å². The topological polar surface area (TPSA) is 91.6 Å². The van der Waals surface area contributed by atoms with Crippen molar-refractivity contribution in [3.63, 3.8) is 0 Å². The van der Waals surface area contributed by atoms with Crippen molar-refractivity contribution in [1.29, 1.82) is 0 Å². The van der Waals surface area contributed by atoms with Gasteiger partial charge in [-0.25, -0.2) is 8.42 Å². The zero-order valence-electron chi connectivity index (χ0n) is 10.5. The number of aromatic nitrogens is 1. The molecule has 0 radical (unpaired) electrons. The lowest BCUT2D eigenvalue weighted by Crippen LogP contribution is -2.47. The number of halogens is 1. The molecule has 19 heavy (non-hydrogen) atoms. The van der Waals surface area contributed by atoms with Crippen LogP contribution in [0, 0.1) is 0 Å². The number of piperazine rings is 1. The molecule has 1 fully saturated rings. The molecule has 0 atom stereocenters. The molecule has 0 aliphatic carbocycles. The zero-order valence-corrected chi connectivity index (χ0v) is 12.1. The number of nitrogens with one attached hydrogen (secondary N) is 1. The van der Waals surface area contributed by atoms with Gasteiger partial charge < -0.3 is 10.3 Å². The Balaban J connectivity index is 2.37. The van der Waals surface area contributed by atoms with Crippen LogP contribution in [-0.4, -0.2) is 55.8 Å². The number of likely N-dealkylation sites (N-methyl/N-ethyl adjacent to an activating group) is 1. The van der Waals surface area contributed by atoms with E-state index in [0.717, 1.165) is 0 Å². The van der Waals surface area contributed by atoms with Crippen molar-refractivity contribution >= 4 is 27.3 Å². The lowest BCUT2D eigenvalue weighted by atomic mass is 10.4. The number of anilines is 1. The minimum absolute atomic E-state index is 0.00653. The Morgan fingerprint density at radius 3 is 2.53 bits per heavy atom. The van der Waals surface area contributed by atoms with Crippen molar-refractivity contribution in [3.8, 4) is 0 Å². The molecule has 1 aliphatic heterocycles. The minimum Gasteiger partial charge on any atom is -0.321 e. The molecule has 0 unspecified atom stereocenters. The van der Waals surface area contributed by atoms with Gasteiger partial charge in [-0.1, -0.05) is 11.6 Å². The van der Waals surface area contributed by atoms with Gasteiger partial charge in [-0.15, -0.1) is 0 Å². The number of nitrogens with two attached hydrogens (primary N) is 1. The number of pyridine rings is 1. The molecule has 1 saturated heterocycles. The molecule has 2 heterocycles. The molecule has 3 N–H and O–H groups in total. The molecule has 0 saturated carbocycles. The van der Waals surface area contributed by atoms with E-state index in [2.05, 4.69) is 15.3 Å². The number of nitrogen functional groups attached to an aromatic ring is 1. The van der Waals surface area contributed by atoms with Gasteiger partial charge in [-0.2, -0.15) is 4.31 Å². The van der Waals surface area contributed by atoms with Gasteiger partial charge in [0, 0.05) is 38.6 Å². The first-order valence-electron chi connectivity index (χ1n) is 5.75. The molecule has 1 aromatic rings. The molecule has 106 valence electrons. The van der Waals surface area contributed by atoms with E-state index in [9.17, 15) is 8.42 Å². The Labute approximate surface area is 117 Å². The SMILES string of the molecule is CN1CCN(S(=O)(=O)c2cncc(Cl)c2NN)CC1. The van der Waals surface area contributed by atoms with Crippen LogP contribution in [0.1, 0.15) is 0 Å². The maximum absolute atomic E-state index is 12.5. The summed E-state index contributed by atoms with van der Waals surface area (Å²) in [6.07, 6.45) is 2.61. The van der Waals surface area contributed by atoms with Crippen LogP contribution >= 0.6 is 11.6 Å². The van der Waals surface area contributed by atoms with Crippen molar-refractivity contribution in [2.24, 2.45) is 5.84 Å². The summed E-state index contributed by atoms with van der Waals surface area (Å²) in [7, 11) is -1.68. The number of hydrazine groups is 1. The van der Waals surface area contributed by atoms with Crippen LogP contribution in [0.15, 0.2) is 17.3 Å². The summed E-state index contributed by atoms with van der Waals surface area (Å²) in [5.74, 6) is 5.35. The Kier molecular flexibility index (Phi) is 4.26. The molecular weight excluding hydrogens is 290 g/mol. The van der Waals surface area contributed by atoms with Crippen LogP contribution < -0.4 is 11.3 Å². The summed E-state index contributed by atoms with van der Waals surface area (Å²) in [5, 5.41) is 0.178.